The Kier molecular flexibility index (Phi) is 3.63. The molecule has 1 saturated heterocycles. The van der Waals surface area contributed by atoms with Crippen LogP contribution in [0.15, 0.2) is 11.6 Å². The number of hydrogen-bond donors (Lipinski definition) is 1. The zero-order valence-electron chi connectivity index (χ0n) is 12.5. The maximum atomic E-state index is 12.6. The average molecular weight is 279 g/mol. The number of likely N-dealkylation sites (tertiary alicyclic amines) is 1. The van der Waals surface area contributed by atoms with Crippen LogP contribution >= 0.6 is 0 Å². The van der Waals surface area contributed by atoms with Crippen molar-refractivity contribution >= 4 is 5.91 Å². The molecule has 1 heterocycles. The molecule has 4 heteroatoms. The molecular formula is C16H25NO3. The van der Waals surface area contributed by atoms with E-state index in [1.54, 1.807) is 7.11 Å². The lowest BCUT2D eigenvalue weighted by molar-refractivity contribution is -0.131. The number of ether oxygens (including phenoxy) is 1. The normalized spacial score (nSPS) is 33.4. The molecule has 0 spiro atoms. The third kappa shape index (κ3) is 2.63. The van der Waals surface area contributed by atoms with Crippen LogP contribution in [0.5, 0.6) is 0 Å². The van der Waals surface area contributed by atoms with Crippen LogP contribution in [0.25, 0.3) is 0 Å². The van der Waals surface area contributed by atoms with Crippen LogP contribution < -0.4 is 0 Å². The van der Waals surface area contributed by atoms with Gasteiger partial charge in [0.2, 0.25) is 5.91 Å². The Morgan fingerprint density at radius 2 is 1.95 bits per heavy atom. The van der Waals surface area contributed by atoms with Crippen molar-refractivity contribution in [2.45, 2.75) is 50.7 Å². The van der Waals surface area contributed by atoms with Gasteiger partial charge in [-0.2, -0.15) is 0 Å². The van der Waals surface area contributed by atoms with Crippen molar-refractivity contribution in [3.8, 4) is 0 Å². The van der Waals surface area contributed by atoms with Gasteiger partial charge in [0.25, 0.3) is 0 Å². The Bertz CT molecular complexity index is 411. The minimum atomic E-state index is -0.480. The number of carbonyl (C=O) groups excluding carboxylic acids is 1. The zero-order valence-corrected chi connectivity index (χ0v) is 12.5. The second-order valence-corrected chi connectivity index (χ2v) is 6.86. The van der Waals surface area contributed by atoms with E-state index in [0.29, 0.717) is 24.8 Å². The molecule has 4 nitrogen and oxygen atoms in total. The molecule has 0 radical (unpaired) electrons. The first-order valence-electron chi connectivity index (χ1n) is 7.74. The van der Waals surface area contributed by atoms with Crippen molar-refractivity contribution in [3.63, 3.8) is 0 Å². The van der Waals surface area contributed by atoms with E-state index >= 15 is 0 Å². The van der Waals surface area contributed by atoms with Gasteiger partial charge in [-0.3, -0.25) is 4.79 Å². The van der Waals surface area contributed by atoms with E-state index in [1.165, 1.54) is 31.3 Å². The Hall–Kier alpha value is -0.870. The number of nitrogens with zero attached hydrogens (tertiary/aromatic N) is 1. The van der Waals surface area contributed by atoms with E-state index in [2.05, 4.69) is 0 Å². The SMILES string of the molecule is COC1CN(C(=O)C=C(C2CC2)C2CC2)C(C)(CO)C1. The molecule has 3 aliphatic rings. The number of methoxy groups -OCH3 is 1. The maximum Gasteiger partial charge on any atom is 0.247 e. The fourth-order valence-electron chi connectivity index (χ4n) is 3.38. The highest BCUT2D eigenvalue weighted by Crippen LogP contribution is 2.49. The van der Waals surface area contributed by atoms with Crippen molar-refractivity contribution < 1.29 is 14.6 Å². The zero-order chi connectivity index (χ0) is 14.3. The summed E-state index contributed by atoms with van der Waals surface area (Å²) in [5, 5.41) is 9.66. The van der Waals surface area contributed by atoms with Crippen LogP contribution in [0.1, 0.15) is 39.0 Å². The molecule has 1 aliphatic heterocycles. The Balaban J connectivity index is 1.76. The molecule has 2 aliphatic carbocycles. The van der Waals surface area contributed by atoms with Gasteiger partial charge >= 0.3 is 0 Å². The van der Waals surface area contributed by atoms with Gasteiger partial charge in [-0.05, 0) is 44.4 Å². The Morgan fingerprint density at radius 3 is 2.40 bits per heavy atom. The standard InChI is InChI=1S/C16H25NO3/c1-16(10-18)8-13(20-2)9-17(16)15(19)7-14(11-3-4-11)12-5-6-12/h7,11-13,18H,3-6,8-10H2,1-2H3. The summed E-state index contributed by atoms with van der Waals surface area (Å²) in [6.45, 7) is 2.53. The van der Waals surface area contributed by atoms with E-state index in [0.717, 1.165) is 0 Å². The lowest BCUT2D eigenvalue weighted by Crippen LogP contribution is -2.47. The summed E-state index contributed by atoms with van der Waals surface area (Å²) in [4.78, 5) is 14.5. The molecule has 0 aromatic heterocycles. The maximum absolute atomic E-state index is 12.6. The smallest absolute Gasteiger partial charge is 0.247 e. The monoisotopic (exact) mass is 279 g/mol. The lowest BCUT2D eigenvalue weighted by Gasteiger charge is -2.32. The van der Waals surface area contributed by atoms with Crippen LogP contribution in [0.2, 0.25) is 0 Å². The summed E-state index contributed by atoms with van der Waals surface area (Å²) in [5.74, 6) is 1.38. The lowest BCUT2D eigenvalue weighted by atomic mass is 9.98. The van der Waals surface area contributed by atoms with E-state index < -0.39 is 5.54 Å². The van der Waals surface area contributed by atoms with Crippen LogP contribution in [0.4, 0.5) is 0 Å². The molecule has 1 amide bonds. The summed E-state index contributed by atoms with van der Waals surface area (Å²) in [6, 6.07) is 0. The third-order valence-electron chi connectivity index (χ3n) is 5.03. The number of amides is 1. The van der Waals surface area contributed by atoms with Gasteiger partial charge in [0.05, 0.1) is 18.2 Å². The van der Waals surface area contributed by atoms with Gasteiger partial charge in [0.15, 0.2) is 0 Å². The summed E-state index contributed by atoms with van der Waals surface area (Å²) in [7, 11) is 1.67. The molecule has 112 valence electrons. The molecular weight excluding hydrogens is 254 g/mol. The second kappa shape index (κ2) is 5.15. The van der Waals surface area contributed by atoms with Crippen LogP contribution in [-0.4, -0.2) is 47.8 Å². The van der Waals surface area contributed by atoms with Gasteiger partial charge in [-0.25, -0.2) is 0 Å². The summed E-state index contributed by atoms with van der Waals surface area (Å²) >= 11 is 0. The molecule has 2 unspecified atom stereocenters. The van der Waals surface area contributed by atoms with Gasteiger partial charge in [0.1, 0.15) is 0 Å². The molecule has 2 saturated carbocycles. The van der Waals surface area contributed by atoms with Crippen molar-refractivity contribution in [1.29, 1.82) is 0 Å². The van der Waals surface area contributed by atoms with Crippen LogP contribution in [0.3, 0.4) is 0 Å². The fourth-order valence-corrected chi connectivity index (χ4v) is 3.38. The van der Waals surface area contributed by atoms with E-state index in [4.69, 9.17) is 4.74 Å². The average Bonchev–Trinajstić information content (AvgIpc) is 3.33. The van der Waals surface area contributed by atoms with Crippen molar-refractivity contribution in [3.05, 3.63) is 11.6 Å². The highest BCUT2D eigenvalue weighted by Gasteiger charge is 2.45. The number of hydrogen-bond acceptors (Lipinski definition) is 3. The number of carbonyl (C=O) groups is 1. The first-order chi connectivity index (χ1) is 9.57. The molecule has 2 atom stereocenters. The Labute approximate surface area is 120 Å². The van der Waals surface area contributed by atoms with Gasteiger partial charge in [-0.15, -0.1) is 0 Å². The summed E-state index contributed by atoms with van der Waals surface area (Å²) in [5.41, 5.74) is 0.892. The first kappa shape index (κ1) is 14.1. The predicted molar refractivity (Wildman–Crippen MR) is 76.1 cm³/mol. The van der Waals surface area contributed by atoms with Gasteiger partial charge in [-0.1, -0.05) is 5.57 Å². The summed E-state index contributed by atoms with van der Waals surface area (Å²) in [6.07, 6.45) is 7.60. The van der Waals surface area contributed by atoms with E-state index in [-0.39, 0.29) is 18.6 Å². The van der Waals surface area contributed by atoms with E-state index in [9.17, 15) is 9.90 Å². The number of allylic oxidation sites excluding steroid dienone is 1. The topological polar surface area (TPSA) is 49.8 Å². The molecule has 0 aromatic rings. The summed E-state index contributed by atoms with van der Waals surface area (Å²) < 4.78 is 5.39. The first-order valence-corrected chi connectivity index (χ1v) is 7.74. The van der Waals surface area contributed by atoms with Crippen LogP contribution in [0, 0.1) is 11.8 Å². The molecule has 0 aromatic carbocycles. The minimum absolute atomic E-state index is 0.00533. The highest BCUT2D eigenvalue weighted by molar-refractivity contribution is 5.89. The predicted octanol–water partition coefficient (Wildman–Crippen LogP) is 1.73. The molecule has 3 rings (SSSR count). The van der Waals surface area contributed by atoms with Crippen molar-refractivity contribution in [2.24, 2.45) is 11.8 Å². The highest BCUT2D eigenvalue weighted by atomic mass is 16.5. The molecule has 3 fully saturated rings. The van der Waals surface area contributed by atoms with Gasteiger partial charge < -0.3 is 14.7 Å². The van der Waals surface area contributed by atoms with Gasteiger partial charge in [0, 0.05) is 26.2 Å². The van der Waals surface area contributed by atoms with E-state index in [1.807, 2.05) is 17.9 Å². The third-order valence-corrected chi connectivity index (χ3v) is 5.03. The minimum Gasteiger partial charge on any atom is -0.394 e. The van der Waals surface area contributed by atoms with Crippen LogP contribution in [-0.2, 0) is 9.53 Å². The van der Waals surface area contributed by atoms with Crippen molar-refractivity contribution in [1.82, 2.24) is 4.90 Å². The largest absolute Gasteiger partial charge is 0.394 e. The molecule has 1 N–H and O–H groups in total. The fraction of sp³-hybridized carbons (Fsp3) is 0.812. The molecule has 0 bridgehead atoms. The van der Waals surface area contributed by atoms with Crippen molar-refractivity contribution in [2.75, 3.05) is 20.3 Å². The number of rotatable bonds is 5. The number of aliphatic hydroxyl groups is 1. The molecule has 20 heavy (non-hydrogen) atoms. The Morgan fingerprint density at radius 1 is 1.35 bits per heavy atom. The second-order valence-electron chi connectivity index (χ2n) is 6.86. The quantitative estimate of drug-likeness (QED) is 0.780. The number of aliphatic hydroxyl groups excluding tert-OH is 1.